The van der Waals surface area contributed by atoms with Gasteiger partial charge in [0.05, 0.1) is 5.69 Å². The number of anilines is 1. The van der Waals surface area contributed by atoms with Crippen LogP contribution in [0.4, 0.5) is 5.69 Å². The second kappa shape index (κ2) is 5.88. The molecule has 0 fully saturated rings. The van der Waals surface area contributed by atoms with Gasteiger partial charge in [0.2, 0.25) is 5.91 Å². The first kappa shape index (κ1) is 12.2. The van der Waals surface area contributed by atoms with Crippen molar-refractivity contribution in [2.75, 3.05) is 18.9 Å². The van der Waals surface area contributed by atoms with Gasteiger partial charge in [0.25, 0.3) is 0 Å². The number of hydrogen-bond donors (Lipinski definition) is 2. The normalized spacial score (nSPS) is 10.1. The van der Waals surface area contributed by atoms with E-state index in [2.05, 4.69) is 26.6 Å². The van der Waals surface area contributed by atoms with Gasteiger partial charge in [0.1, 0.15) is 0 Å². The van der Waals surface area contributed by atoms with Gasteiger partial charge >= 0.3 is 0 Å². The average molecular weight is 271 g/mol. The van der Waals surface area contributed by atoms with Crippen LogP contribution in [0, 0.1) is 6.92 Å². The third kappa shape index (κ3) is 3.64. The van der Waals surface area contributed by atoms with Crippen LogP contribution in [0.15, 0.2) is 22.7 Å². The van der Waals surface area contributed by atoms with E-state index in [1.807, 2.05) is 32.2 Å². The summed E-state index contributed by atoms with van der Waals surface area (Å²) in [6.45, 7) is 2.68. The van der Waals surface area contributed by atoms with E-state index >= 15 is 0 Å². The highest BCUT2D eigenvalue weighted by atomic mass is 79.9. The predicted molar refractivity (Wildman–Crippen MR) is 66.1 cm³/mol. The fourth-order valence-corrected chi connectivity index (χ4v) is 1.56. The molecule has 4 heteroatoms. The van der Waals surface area contributed by atoms with Crippen molar-refractivity contribution in [3.63, 3.8) is 0 Å². The summed E-state index contributed by atoms with van der Waals surface area (Å²) in [4.78, 5) is 11.5. The number of hydrogen-bond acceptors (Lipinski definition) is 2. The summed E-state index contributed by atoms with van der Waals surface area (Å²) < 4.78 is 0.947. The minimum absolute atomic E-state index is 0.0238. The van der Waals surface area contributed by atoms with Crippen molar-refractivity contribution in [1.29, 1.82) is 0 Å². The molecule has 0 spiro atoms. The number of nitrogens with one attached hydrogen (secondary N) is 2. The molecule has 1 rings (SSSR count). The van der Waals surface area contributed by atoms with Gasteiger partial charge < -0.3 is 10.6 Å². The van der Waals surface area contributed by atoms with Gasteiger partial charge in [0.15, 0.2) is 0 Å². The smallest absolute Gasteiger partial charge is 0.225 e. The molecule has 15 heavy (non-hydrogen) atoms. The Morgan fingerprint density at radius 3 is 2.87 bits per heavy atom. The molecule has 0 atom stereocenters. The van der Waals surface area contributed by atoms with Gasteiger partial charge in [-0.3, -0.25) is 4.79 Å². The van der Waals surface area contributed by atoms with Crippen molar-refractivity contribution in [1.82, 2.24) is 5.32 Å². The maximum atomic E-state index is 11.5. The lowest BCUT2D eigenvalue weighted by atomic mass is 10.2. The van der Waals surface area contributed by atoms with Crippen LogP contribution >= 0.6 is 15.9 Å². The van der Waals surface area contributed by atoms with Gasteiger partial charge in [-0.25, -0.2) is 0 Å². The summed E-state index contributed by atoms with van der Waals surface area (Å²) in [6.07, 6.45) is 0.483. The van der Waals surface area contributed by atoms with Crippen LogP contribution < -0.4 is 10.6 Å². The fourth-order valence-electron chi connectivity index (χ4n) is 1.20. The number of amides is 1. The lowest BCUT2D eigenvalue weighted by Crippen LogP contribution is -2.18. The Balaban J connectivity index is 2.64. The third-order valence-corrected chi connectivity index (χ3v) is 3.12. The summed E-state index contributed by atoms with van der Waals surface area (Å²) in [5, 5.41) is 5.80. The van der Waals surface area contributed by atoms with Crippen LogP contribution in [0.2, 0.25) is 0 Å². The molecule has 3 nitrogen and oxygen atoms in total. The van der Waals surface area contributed by atoms with Gasteiger partial charge in [-0.2, -0.15) is 0 Å². The molecule has 0 aliphatic heterocycles. The Bertz CT molecular complexity index is 352. The van der Waals surface area contributed by atoms with Crippen molar-refractivity contribution in [2.45, 2.75) is 13.3 Å². The molecule has 0 radical (unpaired) electrons. The molecule has 1 aromatic rings. The Morgan fingerprint density at radius 1 is 1.47 bits per heavy atom. The molecule has 0 aromatic heterocycles. The lowest BCUT2D eigenvalue weighted by Gasteiger charge is -2.08. The van der Waals surface area contributed by atoms with E-state index in [1.54, 1.807) is 0 Å². The first-order valence-electron chi connectivity index (χ1n) is 4.84. The summed E-state index contributed by atoms with van der Waals surface area (Å²) in [5.74, 6) is 0.0238. The Labute approximate surface area is 98.4 Å². The molecule has 0 saturated heterocycles. The van der Waals surface area contributed by atoms with E-state index in [0.717, 1.165) is 15.7 Å². The van der Waals surface area contributed by atoms with E-state index < -0.39 is 0 Å². The first-order chi connectivity index (χ1) is 7.15. The number of benzene rings is 1. The van der Waals surface area contributed by atoms with Crippen molar-refractivity contribution in [3.8, 4) is 0 Å². The topological polar surface area (TPSA) is 41.1 Å². The largest absolute Gasteiger partial charge is 0.325 e. The number of rotatable bonds is 4. The molecule has 0 bridgehead atoms. The first-order valence-corrected chi connectivity index (χ1v) is 5.64. The number of carbonyl (C=O) groups excluding carboxylic acids is 1. The second-order valence-electron chi connectivity index (χ2n) is 3.34. The second-order valence-corrected chi connectivity index (χ2v) is 4.13. The summed E-state index contributed by atoms with van der Waals surface area (Å²) in [5.41, 5.74) is 1.94. The molecule has 1 amide bonds. The average Bonchev–Trinajstić information content (AvgIpc) is 2.22. The van der Waals surface area contributed by atoms with Crippen molar-refractivity contribution < 1.29 is 4.79 Å². The number of aryl methyl sites for hydroxylation is 1. The molecule has 0 unspecified atom stereocenters. The minimum atomic E-state index is 0.0238. The highest BCUT2D eigenvalue weighted by Crippen LogP contribution is 2.25. The molecule has 1 aromatic carbocycles. The SMILES string of the molecule is CNCCC(=O)Nc1cccc(C)c1Br. The zero-order valence-electron chi connectivity index (χ0n) is 8.93. The molecule has 0 aliphatic carbocycles. The van der Waals surface area contributed by atoms with Crippen molar-refractivity contribution in [2.24, 2.45) is 0 Å². The highest BCUT2D eigenvalue weighted by Gasteiger charge is 2.05. The van der Waals surface area contributed by atoms with Gasteiger partial charge in [-0.05, 0) is 41.5 Å². The Morgan fingerprint density at radius 2 is 2.20 bits per heavy atom. The highest BCUT2D eigenvalue weighted by molar-refractivity contribution is 9.10. The summed E-state index contributed by atoms with van der Waals surface area (Å²) >= 11 is 3.45. The maximum absolute atomic E-state index is 11.5. The number of halogens is 1. The van der Waals surface area contributed by atoms with Gasteiger partial charge in [-0.1, -0.05) is 12.1 Å². The Kier molecular flexibility index (Phi) is 4.78. The summed E-state index contributed by atoms with van der Waals surface area (Å²) in [7, 11) is 1.83. The quantitative estimate of drug-likeness (QED) is 0.882. The zero-order valence-corrected chi connectivity index (χ0v) is 10.5. The van der Waals surface area contributed by atoms with Crippen LogP contribution in [0.25, 0.3) is 0 Å². The molecule has 0 aliphatic rings. The summed E-state index contributed by atoms with van der Waals surface area (Å²) in [6, 6.07) is 5.80. The van der Waals surface area contributed by atoms with Crippen molar-refractivity contribution >= 4 is 27.5 Å². The van der Waals surface area contributed by atoms with Gasteiger partial charge in [-0.15, -0.1) is 0 Å². The fraction of sp³-hybridized carbons (Fsp3) is 0.364. The van der Waals surface area contributed by atoms with E-state index in [0.29, 0.717) is 13.0 Å². The molecule has 2 N–H and O–H groups in total. The zero-order chi connectivity index (χ0) is 11.3. The van der Waals surface area contributed by atoms with Crippen molar-refractivity contribution in [3.05, 3.63) is 28.2 Å². The molecule has 82 valence electrons. The monoisotopic (exact) mass is 270 g/mol. The van der Waals surface area contributed by atoms with Crippen LogP contribution in [0.5, 0.6) is 0 Å². The predicted octanol–water partition coefficient (Wildman–Crippen LogP) is 2.31. The van der Waals surface area contributed by atoms with E-state index in [9.17, 15) is 4.79 Å². The maximum Gasteiger partial charge on any atom is 0.225 e. The molecular weight excluding hydrogens is 256 g/mol. The third-order valence-electron chi connectivity index (χ3n) is 2.07. The van der Waals surface area contributed by atoms with E-state index in [1.165, 1.54) is 0 Å². The number of carbonyl (C=O) groups is 1. The van der Waals surface area contributed by atoms with E-state index in [4.69, 9.17) is 0 Å². The minimum Gasteiger partial charge on any atom is -0.325 e. The lowest BCUT2D eigenvalue weighted by molar-refractivity contribution is -0.116. The van der Waals surface area contributed by atoms with Gasteiger partial charge in [0, 0.05) is 17.4 Å². The van der Waals surface area contributed by atoms with Crippen LogP contribution in [0.3, 0.4) is 0 Å². The van der Waals surface area contributed by atoms with Crippen LogP contribution in [-0.2, 0) is 4.79 Å². The molecule has 0 saturated carbocycles. The molecule has 0 heterocycles. The molecular formula is C11H15BrN2O. The Hall–Kier alpha value is -0.870. The van der Waals surface area contributed by atoms with Crippen LogP contribution in [-0.4, -0.2) is 19.5 Å². The van der Waals surface area contributed by atoms with Crippen LogP contribution in [0.1, 0.15) is 12.0 Å². The van der Waals surface area contributed by atoms with E-state index in [-0.39, 0.29) is 5.91 Å². The standard InChI is InChI=1S/C11H15BrN2O/c1-8-4-3-5-9(11(8)12)14-10(15)6-7-13-2/h3-5,13H,6-7H2,1-2H3,(H,14,15).